The monoisotopic (exact) mass is 287 g/mol. The maximum atomic E-state index is 3.71. The maximum Gasteiger partial charge on any atom is 0.0418 e. The van der Waals surface area contributed by atoms with Crippen molar-refractivity contribution < 1.29 is 0 Å². The van der Waals surface area contributed by atoms with Crippen molar-refractivity contribution in [1.82, 2.24) is 5.32 Å². The molecule has 0 bridgehead atoms. The van der Waals surface area contributed by atoms with Gasteiger partial charge >= 0.3 is 0 Å². The Morgan fingerprint density at radius 3 is 2.50 bits per heavy atom. The number of aryl methyl sites for hydroxylation is 3. The fourth-order valence-electron chi connectivity index (χ4n) is 2.39. The maximum absolute atomic E-state index is 3.71. The van der Waals surface area contributed by atoms with E-state index in [1.807, 2.05) is 11.3 Å². The van der Waals surface area contributed by atoms with Gasteiger partial charge < -0.3 is 5.32 Å². The lowest BCUT2D eigenvalue weighted by Crippen LogP contribution is -2.21. The van der Waals surface area contributed by atoms with Gasteiger partial charge in [-0.25, -0.2) is 0 Å². The third kappa shape index (κ3) is 4.19. The van der Waals surface area contributed by atoms with E-state index >= 15 is 0 Å². The minimum atomic E-state index is 0.493. The van der Waals surface area contributed by atoms with Crippen LogP contribution in [0.3, 0.4) is 0 Å². The minimum absolute atomic E-state index is 0.493. The molecule has 0 spiro atoms. The van der Waals surface area contributed by atoms with Gasteiger partial charge in [-0.15, -0.1) is 11.3 Å². The first kappa shape index (κ1) is 15.3. The van der Waals surface area contributed by atoms with Crippen LogP contribution in [0.2, 0.25) is 0 Å². The first-order valence-corrected chi connectivity index (χ1v) is 8.36. The summed E-state index contributed by atoms with van der Waals surface area (Å²) in [6.45, 7) is 7.75. The van der Waals surface area contributed by atoms with Gasteiger partial charge in [0.25, 0.3) is 0 Å². The molecule has 1 heterocycles. The number of hydrogen-bond donors (Lipinski definition) is 1. The van der Waals surface area contributed by atoms with E-state index in [1.54, 1.807) is 0 Å². The molecule has 1 aromatic heterocycles. The van der Waals surface area contributed by atoms with Crippen molar-refractivity contribution in [3.63, 3.8) is 0 Å². The van der Waals surface area contributed by atoms with Gasteiger partial charge in [-0.2, -0.15) is 0 Å². The van der Waals surface area contributed by atoms with Crippen LogP contribution < -0.4 is 5.32 Å². The van der Waals surface area contributed by atoms with Gasteiger partial charge in [-0.1, -0.05) is 37.3 Å². The van der Waals surface area contributed by atoms with Crippen molar-refractivity contribution in [3.8, 4) is 0 Å². The van der Waals surface area contributed by atoms with Gasteiger partial charge in [0, 0.05) is 15.8 Å². The minimum Gasteiger partial charge on any atom is -0.309 e. The molecule has 108 valence electrons. The van der Waals surface area contributed by atoms with Gasteiger partial charge in [0.05, 0.1) is 0 Å². The third-order valence-electron chi connectivity index (χ3n) is 3.73. The highest BCUT2D eigenvalue weighted by Gasteiger charge is 2.14. The zero-order chi connectivity index (χ0) is 14.4. The van der Waals surface area contributed by atoms with E-state index in [9.17, 15) is 0 Å². The highest BCUT2D eigenvalue weighted by molar-refractivity contribution is 7.12. The molecular formula is C18H25NS. The number of thiophene rings is 1. The largest absolute Gasteiger partial charge is 0.309 e. The fraction of sp³-hybridized carbons (Fsp3) is 0.444. The molecule has 20 heavy (non-hydrogen) atoms. The van der Waals surface area contributed by atoms with Crippen molar-refractivity contribution in [2.24, 2.45) is 0 Å². The zero-order valence-corrected chi connectivity index (χ0v) is 13.6. The molecule has 1 atom stereocenters. The van der Waals surface area contributed by atoms with Crippen LogP contribution in [0.5, 0.6) is 0 Å². The highest BCUT2D eigenvalue weighted by Crippen LogP contribution is 2.29. The number of nitrogens with one attached hydrogen (secondary N) is 1. The van der Waals surface area contributed by atoms with Gasteiger partial charge in [-0.05, 0) is 56.8 Å². The van der Waals surface area contributed by atoms with Crippen LogP contribution in [0.25, 0.3) is 0 Å². The summed E-state index contributed by atoms with van der Waals surface area (Å²) < 4.78 is 0. The number of rotatable bonds is 7. The van der Waals surface area contributed by atoms with Crippen molar-refractivity contribution >= 4 is 11.3 Å². The van der Waals surface area contributed by atoms with E-state index in [0.29, 0.717) is 6.04 Å². The lowest BCUT2D eigenvalue weighted by atomic mass is 10.0. The first-order chi connectivity index (χ1) is 9.70. The molecule has 0 radical (unpaired) electrons. The van der Waals surface area contributed by atoms with Crippen molar-refractivity contribution in [3.05, 3.63) is 57.3 Å². The average Bonchev–Trinajstić information content (AvgIpc) is 2.80. The molecule has 1 unspecified atom stereocenters. The van der Waals surface area contributed by atoms with Crippen LogP contribution in [0.4, 0.5) is 0 Å². The summed E-state index contributed by atoms with van der Waals surface area (Å²) in [7, 11) is 0. The smallest absolute Gasteiger partial charge is 0.0418 e. The van der Waals surface area contributed by atoms with E-state index in [1.165, 1.54) is 33.7 Å². The number of hydrogen-bond acceptors (Lipinski definition) is 2. The standard InChI is InChI=1S/C18H25NS/c1-4-12-19-17(18-13-14(2)15(3)20-18)11-10-16-8-6-5-7-9-16/h5-9,13,17,19H,4,10-12H2,1-3H3. The fourth-order valence-corrected chi connectivity index (χ4v) is 3.55. The molecule has 2 heteroatoms. The highest BCUT2D eigenvalue weighted by atomic mass is 32.1. The molecule has 0 aliphatic heterocycles. The molecule has 1 aromatic carbocycles. The second kappa shape index (κ2) is 7.61. The molecule has 0 saturated heterocycles. The Labute approximate surface area is 127 Å². The normalized spacial score (nSPS) is 12.6. The summed E-state index contributed by atoms with van der Waals surface area (Å²) in [6, 6.07) is 13.6. The molecular weight excluding hydrogens is 262 g/mol. The Morgan fingerprint density at radius 2 is 1.90 bits per heavy atom. The van der Waals surface area contributed by atoms with Crippen LogP contribution in [-0.2, 0) is 6.42 Å². The molecule has 0 saturated carbocycles. The predicted molar refractivity (Wildman–Crippen MR) is 89.6 cm³/mol. The van der Waals surface area contributed by atoms with Crippen molar-refractivity contribution in [2.45, 2.75) is 46.1 Å². The van der Waals surface area contributed by atoms with Crippen LogP contribution >= 0.6 is 11.3 Å². The van der Waals surface area contributed by atoms with E-state index in [4.69, 9.17) is 0 Å². The molecule has 2 rings (SSSR count). The zero-order valence-electron chi connectivity index (χ0n) is 12.8. The molecule has 0 fully saturated rings. The second-order valence-corrected chi connectivity index (χ2v) is 6.71. The molecule has 1 N–H and O–H groups in total. The van der Waals surface area contributed by atoms with E-state index < -0.39 is 0 Å². The van der Waals surface area contributed by atoms with E-state index in [-0.39, 0.29) is 0 Å². The Balaban J connectivity index is 2.03. The third-order valence-corrected chi connectivity index (χ3v) is 5.00. The summed E-state index contributed by atoms with van der Waals surface area (Å²) in [6.07, 6.45) is 3.49. The van der Waals surface area contributed by atoms with Crippen molar-refractivity contribution in [2.75, 3.05) is 6.54 Å². The summed E-state index contributed by atoms with van der Waals surface area (Å²) in [4.78, 5) is 2.94. The van der Waals surface area contributed by atoms with Gasteiger partial charge in [0.1, 0.15) is 0 Å². The predicted octanol–water partition coefficient (Wildman–Crippen LogP) is 5.04. The lowest BCUT2D eigenvalue weighted by molar-refractivity contribution is 0.506. The van der Waals surface area contributed by atoms with Crippen LogP contribution in [0, 0.1) is 13.8 Å². The SMILES string of the molecule is CCCNC(CCc1ccccc1)c1cc(C)c(C)s1. The van der Waals surface area contributed by atoms with Gasteiger partial charge in [0.15, 0.2) is 0 Å². The topological polar surface area (TPSA) is 12.0 Å². The molecule has 0 aliphatic carbocycles. The quantitative estimate of drug-likeness (QED) is 0.752. The van der Waals surface area contributed by atoms with Crippen molar-refractivity contribution in [1.29, 1.82) is 0 Å². The van der Waals surface area contributed by atoms with Crippen LogP contribution in [0.1, 0.15) is 46.7 Å². The number of benzene rings is 1. The van der Waals surface area contributed by atoms with Gasteiger partial charge in [-0.3, -0.25) is 0 Å². The molecule has 1 nitrogen and oxygen atoms in total. The van der Waals surface area contributed by atoms with Gasteiger partial charge in [0.2, 0.25) is 0 Å². The molecule has 0 aliphatic rings. The summed E-state index contributed by atoms with van der Waals surface area (Å²) >= 11 is 1.95. The Morgan fingerprint density at radius 1 is 1.15 bits per heavy atom. The first-order valence-electron chi connectivity index (χ1n) is 7.55. The van der Waals surface area contributed by atoms with E-state index in [2.05, 4.69) is 62.5 Å². The Hall–Kier alpha value is -1.12. The van der Waals surface area contributed by atoms with Crippen LogP contribution in [0.15, 0.2) is 36.4 Å². The lowest BCUT2D eigenvalue weighted by Gasteiger charge is -2.17. The Bertz CT molecular complexity index is 496. The Kier molecular flexibility index (Phi) is 5.81. The summed E-state index contributed by atoms with van der Waals surface area (Å²) in [5.74, 6) is 0. The summed E-state index contributed by atoms with van der Waals surface area (Å²) in [5.41, 5.74) is 2.86. The summed E-state index contributed by atoms with van der Waals surface area (Å²) in [5, 5.41) is 3.71. The average molecular weight is 287 g/mol. The van der Waals surface area contributed by atoms with Crippen LogP contribution in [-0.4, -0.2) is 6.54 Å². The molecule has 0 amide bonds. The molecule has 2 aromatic rings. The van der Waals surface area contributed by atoms with E-state index in [0.717, 1.165) is 13.0 Å². The second-order valence-electron chi connectivity index (χ2n) is 5.42.